The zero-order chi connectivity index (χ0) is 9.78. The number of halogens is 3. The molecule has 0 atom stereocenters. The molecule has 2 nitrogen and oxygen atoms in total. The van der Waals surface area contributed by atoms with Gasteiger partial charge >= 0.3 is 6.18 Å². The number of hydrogen-bond donors (Lipinski definition) is 0. The standard InChI is InChI=1S/C7H9F3N2/c1-5(2)6(7(8,9)10)12-4-11-3/h4H,1H2,2-3H3. The van der Waals surface area contributed by atoms with Crippen molar-refractivity contribution >= 4 is 12.1 Å². The van der Waals surface area contributed by atoms with Crippen molar-refractivity contribution in [2.75, 3.05) is 7.05 Å². The third-order valence-electron chi connectivity index (χ3n) is 0.975. The lowest BCUT2D eigenvalue weighted by Crippen LogP contribution is -2.23. The average Bonchev–Trinajstić information content (AvgIpc) is 1.84. The number of aliphatic imine (C=N–C) groups is 2. The van der Waals surface area contributed by atoms with Crippen LogP contribution in [0.15, 0.2) is 22.1 Å². The minimum Gasteiger partial charge on any atom is -0.277 e. The molecule has 0 aliphatic rings. The second kappa shape index (κ2) is 4.04. The van der Waals surface area contributed by atoms with E-state index in [0.717, 1.165) is 6.34 Å². The fourth-order valence-corrected chi connectivity index (χ4v) is 0.541. The molecule has 0 heterocycles. The molecule has 0 aliphatic carbocycles. The lowest BCUT2D eigenvalue weighted by atomic mass is 10.2. The molecule has 0 radical (unpaired) electrons. The van der Waals surface area contributed by atoms with E-state index in [2.05, 4.69) is 16.6 Å². The molecule has 0 N–H and O–H groups in total. The third kappa shape index (κ3) is 3.32. The van der Waals surface area contributed by atoms with Gasteiger partial charge in [-0.2, -0.15) is 13.2 Å². The summed E-state index contributed by atoms with van der Waals surface area (Å²) >= 11 is 0. The van der Waals surface area contributed by atoms with E-state index in [1.165, 1.54) is 14.0 Å². The monoisotopic (exact) mass is 178 g/mol. The van der Waals surface area contributed by atoms with Crippen LogP contribution in [0, 0.1) is 0 Å². The van der Waals surface area contributed by atoms with Gasteiger partial charge in [0.25, 0.3) is 0 Å². The summed E-state index contributed by atoms with van der Waals surface area (Å²) in [6, 6.07) is 0. The van der Waals surface area contributed by atoms with Crippen LogP contribution in [-0.4, -0.2) is 25.3 Å². The van der Waals surface area contributed by atoms with E-state index in [4.69, 9.17) is 0 Å². The lowest BCUT2D eigenvalue weighted by molar-refractivity contribution is -0.0580. The SMILES string of the molecule is C=C(C)C(=NC=NC)C(F)(F)F. The highest BCUT2D eigenvalue weighted by Crippen LogP contribution is 2.20. The Morgan fingerprint density at radius 3 is 2.17 bits per heavy atom. The van der Waals surface area contributed by atoms with Gasteiger partial charge in [0.1, 0.15) is 12.1 Å². The first-order valence-electron chi connectivity index (χ1n) is 3.11. The summed E-state index contributed by atoms with van der Waals surface area (Å²) < 4.78 is 36.1. The molecule has 0 saturated heterocycles. The Morgan fingerprint density at radius 1 is 1.42 bits per heavy atom. The molecule has 0 bridgehead atoms. The predicted octanol–water partition coefficient (Wildman–Crippen LogP) is 2.22. The van der Waals surface area contributed by atoms with E-state index < -0.39 is 11.9 Å². The second-order valence-electron chi connectivity index (χ2n) is 2.13. The van der Waals surface area contributed by atoms with E-state index >= 15 is 0 Å². The molecule has 12 heavy (non-hydrogen) atoms. The van der Waals surface area contributed by atoms with Crippen LogP contribution in [0.2, 0.25) is 0 Å². The van der Waals surface area contributed by atoms with Crippen LogP contribution in [0.25, 0.3) is 0 Å². The molecule has 0 rings (SSSR count). The third-order valence-corrected chi connectivity index (χ3v) is 0.975. The summed E-state index contributed by atoms with van der Waals surface area (Å²) in [6.07, 6.45) is -3.61. The van der Waals surface area contributed by atoms with Crippen molar-refractivity contribution in [3.05, 3.63) is 12.2 Å². The van der Waals surface area contributed by atoms with Crippen molar-refractivity contribution in [3.63, 3.8) is 0 Å². The summed E-state index contributed by atoms with van der Waals surface area (Å²) in [5, 5.41) is 0. The minimum absolute atomic E-state index is 0.123. The number of nitrogens with zero attached hydrogens (tertiary/aromatic N) is 2. The molecular weight excluding hydrogens is 169 g/mol. The summed E-state index contributed by atoms with van der Waals surface area (Å²) in [7, 11) is 1.34. The van der Waals surface area contributed by atoms with E-state index in [9.17, 15) is 13.2 Å². The van der Waals surface area contributed by atoms with Crippen LogP contribution in [0.5, 0.6) is 0 Å². The number of alkyl halides is 3. The maximum atomic E-state index is 12.0. The van der Waals surface area contributed by atoms with Crippen molar-refractivity contribution in [1.82, 2.24) is 0 Å². The van der Waals surface area contributed by atoms with Gasteiger partial charge in [0.15, 0.2) is 0 Å². The lowest BCUT2D eigenvalue weighted by Gasteiger charge is -2.07. The Bertz CT molecular complexity index is 225. The highest BCUT2D eigenvalue weighted by molar-refractivity contribution is 6.06. The molecule has 0 aromatic heterocycles. The molecule has 0 aromatic rings. The number of hydrogen-bond acceptors (Lipinski definition) is 1. The second-order valence-corrected chi connectivity index (χ2v) is 2.13. The number of rotatable bonds is 2. The quantitative estimate of drug-likeness (QED) is 0.457. The maximum absolute atomic E-state index is 12.0. The first kappa shape index (κ1) is 10.9. The van der Waals surface area contributed by atoms with E-state index in [-0.39, 0.29) is 5.57 Å². The van der Waals surface area contributed by atoms with E-state index in [1.54, 1.807) is 0 Å². The van der Waals surface area contributed by atoms with Crippen LogP contribution in [0.1, 0.15) is 6.92 Å². The molecule has 0 fully saturated rings. The van der Waals surface area contributed by atoms with Gasteiger partial charge < -0.3 is 0 Å². The van der Waals surface area contributed by atoms with Gasteiger partial charge in [0, 0.05) is 7.05 Å². The Labute approximate surface area is 68.5 Å². The van der Waals surface area contributed by atoms with Crippen molar-refractivity contribution in [3.8, 4) is 0 Å². The molecular formula is C7H9F3N2. The normalized spacial score (nSPS) is 13.9. The minimum atomic E-state index is -4.45. The predicted molar refractivity (Wildman–Crippen MR) is 42.7 cm³/mol. The molecule has 0 aromatic carbocycles. The average molecular weight is 178 g/mol. The van der Waals surface area contributed by atoms with Gasteiger partial charge in [0.05, 0.1) is 0 Å². The molecule has 0 spiro atoms. The zero-order valence-corrected chi connectivity index (χ0v) is 6.81. The fraction of sp³-hybridized carbons (Fsp3) is 0.429. The summed E-state index contributed by atoms with van der Waals surface area (Å²) in [6.45, 7) is 4.41. The first-order valence-corrected chi connectivity index (χ1v) is 3.11. The van der Waals surface area contributed by atoms with Gasteiger partial charge in [-0.15, -0.1) is 0 Å². The van der Waals surface area contributed by atoms with Gasteiger partial charge in [-0.05, 0) is 12.5 Å². The highest BCUT2D eigenvalue weighted by Gasteiger charge is 2.35. The van der Waals surface area contributed by atoms with Crippen LogP contribution in [-0.2, 0) is 0 Å². The van der Waals surface area contributed by atoms with Crippen molar-refractivity contribution < 1.29 is 13.2 Å². The Hall–Kier alpha value is -1.13. The van der Waals surface area contributed by atoms with Gasteiger partial charge in [-0.25, -0.2) is 4.99 Å². The fourth-order valence-electron chi connectivity index (χ4n) is 0.541. The smallest absolute Gasteiger partial charge is 0.277 e. The molecule has 0 amide bonds. The van der Waals surface area contributed by atoms with Crippen molar-refractivity contribution in [1.29, 1.82) is 0 Å². The van der Waals surface area contributed by atoms with E-state index in [1.807, 2.05) is 0 Å². The zero-order valence-electron chi connectivity index (χ0n) is 6.81. The molecule has 68 valence electrons. The van der Waals surface area contributed by atoms with Crippen LogP contribution < -0.4 is 0 Å². The van der Waals surface area contributed by atoms with Crippen LogP contribution in [0.3, 0.4) is 0 Å². The largest absolute Gasteiger partial charge is 0.433 e. The van der Waals surface area contributed by atoms with Crippen LogP contribution >= 0.6 is 0 Å². The highest BCUT2D eigenvalue weighted by atomic mass is 19.4. The summed E-state index contributed by atoms with van der Waals surface area (Å²) in [5.74, 6) is 0. The van der Waals surface area contributed by atoms with Gasteiger partial charge in [-0.1, -0.05) is 6.58 Å². The van der Waals surface area contributed by atoms with E-state index in [0.29, 0.717) is 0 Å². The molecule has 5 heteroatoms. The summed E-state index contributed by atoms with van der Waals surface area (Å²) in [5.41, 5.74) is -1.12. The number of allylic oxidation sites excluding steroid dienone is 1. The van der Waals surface area contributed by atoms with Crippen molar-refractivity contribution in [2.45, 2.75) is 13.1 Å². The Morgan fingerprint density at radius 2 is 1.92 bits per heavy atom. The van der Waals surface area contributed by atoms with Crippen molar-refractivity contribution in [2.24, 2.45) is 9.98 Å². The Balaban J connectivity index is 4.80. The topological polar surface area (TPSA) is 24.7 Å². The van der Waals surface area contributed by atoms with Crippen LogP contribution in [0.4, 0.5) is 13.2 Å². The maximum Gasteiger partial charge on any atom is 0.433 e. The molecule has 0 unspecified atom stereocenters. The first-order chi connectivity index (χ1) is 5.39. The Kier molecular flexibility index (Phi) is 3.66. The van der Waals surface area contributed by atoms with Gasteiger partial charge in [0.2, 0.25) is 0 Å². The van der Waals surface area contributed by atoms with Gasteiger partial charge in [-0.3, -0.25) is 4.99 Å². The summed E-state index contributed by atoms with van der Waals surface area (Å²) in [4.78, 5) is 6.43. The molecule has 0 saturated carbocycles. The molecule has 0 aliphatic heterocycles.